The first-order chi connectivity index (χ1) is 8.65. The van der Waals surface area contributed by atoms with E-state index in [4.69, 9.17) is 10.5 Å². The minimum Gasteiger partial charge on any atom is -0.375 e. The lowest BCUT2D eigenvalue weighted by atomic mass is 10.1. The van der Waals surface area contributed by atoms with Crippen molar-refractivity contribution in [3.63, 3.8) is 0 Å². The van der Waals surface area contributed by atoms with Gasteiger partial charge in [0.25, 0.3) is 5.91 Å². The van der Waals surface area contributed by atoms with E-state index in [0.29, 0.717) is 25.4 Å². The highest BCUT2D eigenvalue weighted by atomic mass is 35.5. The number of halogens is 1. The molecule has 1 aliphatic rings. The average Bonchev–Trinajstić information content (AvgIpc) is 2.86. The average molecular weight is 306 g/mol. The standard InChI is InChI=1S/C12H19N3O2S.ClH/c1-3-9-6-17-8(2)5-15(9)12(16)10-7-18-11(4-13)14-10;/h7-9H,3-6,13H2,1-2H3;1H. The number of morpholine rings is 1. The number of hydrogen-bond donors (Lipinski definition) is 1. The number of rotatable bonds is 3. The lowest BCUT2D eigenvalue weighted by Gasteiger charge is -2.37. The number of nitrogens with two attached hydrogens (primary N) is 1. The Morgan fingerprint density at radius 3 is 3.00 bits per heavy atom. The molecule has 7 heteroatoms. The normalized spacial score (nSPS) is 23.0. The number of nitrogens with zero attached hydrogens (tertiary/aromatic N) is 2. The Kier molecular flexibility index (Phi) is 6.19. The van der Waals surface area contributed by atoms with Gasteiger partial charge in [0.15, 0.2) is 0 Å². The highest BCUT2D eigenvalue weighted by molar-refractivity contribution is 7.09. The summed E-state index contributed by atoms with van der Waals surface area (Å²) < 4.78 is 5.59. The summed E-state index contributed by atoms with van der Waals surface area (Å²) in [6.07, 6.45) is 0.983. The van der Waals surface area contributed by atoms with Crippen molar-refractivity contribution in [1.29, 1.82) is 0 Å². The minimum atomic E-state index is -0.00653. The van der Waals surface area contributed by atoms with Gasteiger partial charge in [0.05, 0.1) is 18.8 Å². The van der Waals surface area contributed by atoms with Crippen LogP contribution in [0.5, 0.6) is 0 Å². The summed E-state index contributed by atoms with van der Waals surface area (Å²) >= 11 is 1.44. The van der Waals surface area contributed by atoms with Gasteiger partial charge in [0.2, 0.25) is 0 Å². The van der Waals surface area contributed by atoms with Crippen LogP contribution in [0, 0.1) is 0 Å². The van der Waals surface area contributed by atoms with E-state index in [1.54, 1.807) is 5.38 Å². The molecule has 108 valence electrons. The number of carbonyl (C=O) groups excluding carboxylic acids is 1. The van der Waals surface area contributed by atoms with Crippen molar-refractivity contribution in [2.75, 3.05) is 13.2 Å². The summed E-state index contributed by atoms with van der Waals surface area (Å²) in [6.45, 7) is 5.67. The Morgan fingerprint density at radius 1 is 1.68 bits per heavy atom. The first-order valence-corrected chi connectivity index (χ1v) is 7.10. The first kappa shape index (κ1) is 16.4. The van der Waals surface area contributed by atoms with Gasteiger partial charge in [-0.05, 0) is 13.3 Å². The van der Waals surface area contributed by atoms with Gasteiger partial charge in [-0.3, -0.25) is 4.79 Å². The fraction of sp³-hybridized carbons (Fsp3) is 0.667. The molecule has 1 amide bonds. The highest BCUT2D eigenvalue weighted by Gasteiger charge is 2.30. The molecule has 2 atom stereocenters. The van der Waals surface area contributed by atoms with Gasteiger partial charge in [0, 0.05) is 18.5 Å². The van der Waals surface area contributed by atoms with Crippen molar-refractivity contribution in [3.8, 4) is 0 Å². The molecule has 0 aromatic carbocycles. The number of hydrogen-bond acceptors (Lipinski definition) is 5. The van der Waals surface area contributed by atoms with Gasteiger partial charge in [-0.15, -0.1) is 23.7 Å². The predicted molar refractivity (Wildman–Crippen MR) is 77.8 cm³/mol. The molecule has 1 saturated heterocycles. The second-order valence-corrected chi connectivity index (χ2v) is 5.44. The third-order valence-electron chi connectivity index (χ3n) is 3.15. The van der Waals surface area contributed by atoms with Crippen LogP contribution in [0.4, 0.5) is 0 Å². The molecule has 5 nitrogen and oxygen atoms in total. The van der Waals surface area contributed by atoms with Crippen molar-refractivity contribution in [1.82, 2.24) is 9.88 Å². The maximum absolute atomic E-state index is 12.4. The van der Waals surface area contributed by atoms with Crippen LogP contribution < -0.4 is 5.73 Å². The SMILES string of the molecule is CCC1COC(C)CN1C(=O)c1csc(CN)n1.Cl. The van der Waals surface area contributed by atoms with Gasteiger partial charge in [-0.1, -0.05) is 6.92 Å². The third kappa shape index (κ3) is 3.66. The topological polar surface area (TPSA) is 68.5 Å². The Balaban J connectivity index is 0.00000180. The Hall–Kier alpha value is -0.690. The van der Waals surface area contributed by atoms with Gasteiger partial charge < -0.3 is 15.4 Å². The largest absolute Gasteiger partial charge is 0.375 e. The predicted octanol–water partition coefficient (Wildman–Crippen LogP) is 1.66. The fourth-order valence-electron chi connectivity index (χ4n) is 2.08. The molecule has 1 fully saturated rings. The van der Waals surface area contributed by atoms with Gasteiger partial charge in [0.1, 0.15) is 10.7 Å². The van der Waals surface area contributed by atoms with Gasteiger partial charge in [-0.25, -0.2) is 4.98 Å². The molecule has 19 heavy (non-hydrogen) atoms. The molecule has 0 spiro atoms. The summed E-state index contributed by atoms with van der Waals surface area (Å²) in [5.41, 5.74) is 6.03. The number of amides is 1. The van der Waals surface area contributed by atoms with Crippen LogP contribution in [0.1, 0.15) is 35.8 Å². The second kappa shape index (κ2) is 7.19. The molecule has 2 rings (SSSR count). The van der Waals surface area contributed by atoms with E-state index in [1.165, 1.54) is 11.3 Å². The van der Waals surface area contributed by atoms with Crippen molar-refractivity contribution >= 4 is 29.7 Å². The summed E-state index contributed by atoms with van der Waals surface area (Å²) in [5.74, 6) is -0.00653. The molecule has 1 aromatic heterocycles. The second-order valence-electron chi connectivity index (χ2n) is 4.49. The Morgan fingerprint density at radius 2 is 2.42 bits per heavy atom. The number of aromatic nitrogens is 1. The summed E-state index contributed by atoms with van der Waals surface area (Å²) in [5, 5.41) is 2.59. The van der Waals surface area contributed by atoms with E-state index in [2.05, 4.69) is 11.9 Å². The van der Waals surface area contributed by atoms with E-state index < -0.39 is 0 Å². The van der Waals surface area contributed by atoms with Crippen LogP contribution in [0.2, 0.25) is 0 Å². The molecule has 2 N–H and O–H groups in total. The van der Waals surface area contributed by atoms with Crippen molar-refractivity contribution in [3.05, 3.63) is 16.1 Å². The molecule has 0 aliphatic carbocycles. The molecule has 1 aromatic rings. The summed E-state index contributed by atoms with van der Waals surface area (Å²) in [4.78, 5) is 18.6. The molecule has 2 heterocycles. The monoisotopic (exact) mass is 305 g/mol. The zero-order chi connectivity index (χ0) is 13.1. The van der Waals surface area contributed by atoms with E-state index in [-0.39, 0.29) is 30.5 Å². The molecular formula is C12H20ClN3O2S. The summed E-state index contributed by atoms with van der Waals surface area (Å²) in [7, 11) is 0. The smallest absolute Gasteiger partial charge is 0.273 e. The summed E-state index contributed by atoms with van der Waals surface area (Å²) in [6, 6.07) is 0.150. The van der Waals surface area contributed by atoms with Crippen LogP contribution in [0.25, 0.3) is 0 Å². The molecule has 0 bridgehead atoms. The molecule has 0 radical (unpaired) electrons. The Bertz CT molecular complexity index is 427. The lowest BCUT2D eigenvalue weighted by molar-refractivity contribution is -0.0445. The minimum absolute atomic E-state index is 0. The van der Waals surface area contributed by atoms with Crippen LogP contribution in [-0.4, -0.2) is 41.1 Å². The van der Waals surface area contributed by atoms with Gasteiger partial charge >= 0.3 is 0 Å². The van der Waals surface area contributed by atoms with Crippen LogP contribution in [0.3, 0.4) is 0 Å². The molecule has 1 aliphatic heterocycles. The first-order valence-electron chi connectivity index (χ1n) is 6.22. The van der Waals surface area contributed by atoms with E-state index in [9.17, 15) is 4.79 Å². The molecule has 2 unspecified atom stereocenters. The van der Waals surface area contributed by atoms with E-state index in [1.807, 2.05) is 11.8 Å². The maximum atomic E-state index is 12.4. The lowest BCUT2D eigenvalue weighted by Crippen LogP contribution is -2.51. The quantitative estimate of drug-likeness (QED) is 0.922. The van der Waals surface area contributed by atoms with E-state index in [0.717, 1.165) is 11.4 Å². The highest BCUT2D eigenvalue weighted by Crippen LogP contribution is 2.19. The zero-order valence-corrected chi connectivity index (χ0v) is 12.8. The van der Waals surface area contributed by atoms with Crippen molar-refractivity contribution in [2.45, 2.75) is 39.0 Å². The zero-order valence-electron chi connectivity index (χ0n) is 11.2. The van der Waals surface area contributed by atoms with Crippen LogP contribution in [-0.2, 0) is 11.3 Å². The Labute approximate surface area is 123 Å². The van der Waals surface area contributed by atoms with E-state index >= 15 is 0 Å². The molecular weight excluding hydrogens is 286 g/mol. The number of carbonyl (C=O) groups is 1. The van der Waals surface area contributed by atoms with Crippen molar-refractivity contribution in [2.24, 2.45) is 5.73 Å². The fourth-order valence-corrected chi connectivity index (χ4v) is 2.73. The maximum Gasteiger partial charge on any atom is 0.273 e. The van der Waals surface area contributed by atoms with Crippen molar-refractivity contribution < 1.29 is 9.53 Å². The number of thiazole rings is 1. The number of ether oxygens (including phenoxy) is 1. The van der Waals surface area contributed by atoms with Crippen LogP contribution in [0.15, 0.2) is 5.38 Å². The third-order valence-corrected chi connectivity index (χ3v) is 4.02. The molecule has 0 saturated carbocycles. The van der Waals surface area contributed by atoms with Crippen LogP contribution >= 0.6 is 23.7 Å². The van der Waals surface area contributed by atoms with Gasteiger partial charge in [-0.2, -0.15) is 0 Å².